The first-order valence-corrected chi connectivity index (χ1v) is 9.92. The predicted molar refractivity (Wildman–Crippen MR) is 110 cm³/mol. The molecule has 3 rings (SSSR count). The van der Waals surface area contributed by atoms with Crippen LogP contribution < -0.4 is 10.6 Å². The van der Waals surface area contributed by atoms with E-state index in [0.717, 1.165) is 5.56 Å². The zero-order valence-electron chi connectivity index (χ0n) is 17.8. The number of aromatic nitrogens is 2. The van der Waals surface area contributed by atoms with Gasteiger partial charge in [0.25, 0.3) is 11.8 Å². The van der Waals surface area contributed by atoms with Gasteiger partial charge in [-0.3, -0.25) is 19.1 Å². The molecule has 31 heavy (non-hydrogen) atoms. The fraction of sp³-hybridized carbons (Fsp3) is 0.429. The number of halogens is 1. The highest BCUT2D eigenvalue weighted by Crippen LogP contribution is 2.26. The van der Waals surface area contributed by atoms with E-state index in [0.29, 0.717) is 19.6 Å². The molecule has 1 unspecified atom stereocenters. The minimum Gasteiger partial charge on any atom is -0.385 e. The summed E-state index contributed by atoms with van der Waals surface area (Å²) in [6, 6.07) is 7.22. The van der Waals surface area contributed by atoms with Crippen molar-refractivity contribution in [2.75, 3.05) is 27.3 Å². The molecular formula is C21H26FN5O4. The Morgan fingerprint density at radius 3 is 2.65 bits per heavy atom. The highest BCUT2D eigenvalue weighted by Gasteiger charge is 2.46. The first kappa shape index (κ1) is 22.4. The highest BCUT2D eigenvalue weighted by atomic mass is 19.1. The van der Waals surface area contributed by atoms with Gasteiger partial charge in [-0.1, -0.05) is 12.1 Å². The van der Waals surface area contributed by atoms with Crippen LogP contribution in [0.15, 0.2) is 30.3 Å². The van der Waals surface area contributed by atoms with Gasteiger partial charge in [0, 0.05) is 39.9 Å². The number of hydrogen-bond acceptors (Lipinski definition) is 5. The Hall–Kier alpha value is -3.27. The zero-order chi connectivity index (χ0) is 22.6. The summed E-state index contributed by atoms with van der Waals surface area (Å²) in [6.45, 7) is 2.87. The molecule has 1 aromatic carbocycles. The molecule has 0 spiro atoms. The SMILES string of the molecule is COCCCNC(=O)c1cc2n(n1)CC(C)(C(=O)NCc1ccc(F)cc1)N(C)C2=O. The number of carbonyl (C=O) groups is 3. The molecule has 1 aliphatic heterocycles. The number of fused-ring (bicyclic) bond motifs is 1. The number of methoxy groups -OCH3 is 1. The number of ether oxygens (including phenoxy) is 1. The van der Waals surface area contributed by atoms with Crippen molar-refractivity contribution in [2.24, 2.45) is 0 Å². The predicted octanol–water partition coefficient (Wildman–Crippen LogP) is 0.949. The van der Waals surface area contributed by atoms with Crippen molar-refractivity contribution in [2.45, 2.75) is 32.0 Å². The van der Waals surface area contributed by atoms with Gasteiger partial charge in [-0.15, -0.1) is 0 Å². The number of amides is 3. The lowest BCUT2D eigenvalue weighted by atomic mass is 9.96. The van der Waals surface area contributed by atoms with E-state index in [9.17, 15) is 18.8 Å². The molecule has 2 N–H and O–H groups in total. The molecular weight excluding hydrogens is 405 g/mol. The second-order valence-corrected chi connectivity index (χ2v) is 7.62. The summed E-state index contributed by atoms with van der Waals surface area (Å²) >= 11 is 0. The summed E-state index contributed by atoms with van der Waals surface area (Å²) in [7, 11) is 3.13. The molecule has 2 heterocycles. The summed E-state index contributed by atoms with van der Waals surface area (Å²) < 4.78 is 19.4. The molecule has 0 aliphatic carbocycles. The quantitative estimate of drug-likeness (QED) is 0.606. The first-order chi connectivity index (χ1) is 14.8. The molecule has 1 aromatic heterocycles. The third kappa shape index (κ3) is 4.74. The van der Waals surface area contributed by atoms with Gasteiger partial charge < -0.3 is 20.3 Å². The van der Waals surface area contributed by atoms with Crippen molar-refractivity contribution in [1.82, 2.24) is 25.3 Å². The van der Waals surface area contributed by atoms with Gasteiger partial charge in [0.15, 0.2) is 5.69 Å². The van der Waals surface area contributed by atoms with Crippen LogP contribution in [0.1, 0.15) is 39.9 Å². The van der Waals surface area contributed by atoms with Gasteiger partial charge in [-0.2, -0.15) is 5.10 Å². The number of carbonyl (C=O) groups excluding carboxylic acids is 3. The number of likely N-dealkylation sites (N-methyl/N-ethyl adjacent to an activating group) is 1. The van der Waals surface area contributed by atoms with Crippen LogP contribution in [0.5, 0.6) is 0 Å². The molecule has 3 amide bonds. The average Bonchev–Trinajstić information content (AvgIpc) is 3.18. The summed E-state index contributed by atoms with van der Waals surface area (Å²) in [6.07, 6.45) is 0.657. The van der Waals surface area contributed by atoms with Crippen LogP contribution in [0.3, 0.4) is 0 Å². The Bertz CT molecular complexity index is 975. The van der Waals surface area contributed by atoms with E-state index in [4.69, 9.17) is 4.74 Å². The van der Waals surface area contributed by atoms with Crippen molar-refractivity contribution >= 4 is 17.7 Å². The Morgan fingerprint density at radius 2 is 1.97 bits per heavy atom. The Labute approximate surface area is 179 Å². The molecule has 10 heteroatoms. The van der Waals surface area contributed by atoms with E-state index < -0.39 is 17.4 Å². The Kier molecular flexibility index (Phi) is 6.69. The second-order valence-electron chi connectivity index (χ2n) is 7.62. The van der Waals surface area contributed by atoms with Crippen molar-refractivity contribution < 1.29 is 23.5 Å². The maximum Gasteiger partial charge on any atom is 0.272 e. The van der Waals surface area contributed by atoms with Crippen LogP contribution in [-0.2, 0) is 22.6 Å². The standard InChI is InChI=1S/C21H26FN5O4/c1-21(20(30)24-12-14-5-7-15(22)8-6-14)13-27-17(19(29)26(21)2)11-16(25-27)18(28)23-9-4-10-31-3/h5-8,11H,4,9-10,12-13H2,1-3H3,(H,23,28)(H,24,30). The smallest absolute Gasteiger partial charge is 0.272 e. The summed E-state index contributed by atoms with van der Waals surface area (Å²) in [4.78, 5) is 39.5. The monoisotopic (exact) mass is 431 g/mol. The van der Waals surface area contributed by atoms with Crippen LogP contribution in [0, 0.1) is 5.82 Å². The fourth-order valence-corrected chi connectivity index (χ4v) is 3.32. The van der Waals surface area contributed by atoms with Crippen molar-refractivity contribution in [3.63, 3.8) is 0 Å². The minimum atomic E-state index is -1.21. The molecule has 0 saturated carbocycles. The number of rotatable bonds is 8. The molecule has 0 fully saturated rings. The van der Waals surface area contributed by atoms with Gasteiger partial charge in [-0.25, -0.2) is 4.39 Å². The van der Waals surface area contributed by atoms with Crippen molar-refractivity contribution in [3.8, 4) is 0 Å². The molecule has 1 aliphatic rings. The van der Waals surface area contributed by atoms with E-state index in [1.165, 1.54) is 27.8 Å². The van der Waals surface area contributed by atoms with Crippen LogP contribution in [0.4, 0.5) is 4.39 Å². The fourth-order valence-electron chi connectivity index (χ4n) is 3.32. The third-order valence-electron chi connectivity index (χ3n) is 5.40. The van der Waals surface area contributed by atoms with Crippen LogP contribution in [0.25, 0.3) is 0 Å². The third-order valence-corrected chi connectivity index (χ3v) is 5.40. The number of nitrogens with one attached hydrogen (secondary N) is 2. The number of nitrogens with zero attached hydrogens (tertiary/aromatic N) is 3. The summed E-state index contributed by atoms with van der Waals surface area (Å²) in [5.74, 6) is -1.53. The van der Waals surface area contributed by atoms with Gasteiger partial charge in [0.1, 0.15) is 17.1 Å². The summed E-state index contributed by atoms with van der Waals surface area (Å²) in [5.41, 5.74) is -0.114. The van der Waals surface area contributed by atoms with Crippen molar-refractivity contribution in [3.05, 3.63) is 53.1 Å². The molecule has 9 nitrogen and oxygen atoms in total. The van der Waals surface area contributed by atoms with Gasteiger partial charge in [0.05, 0.1) is 6.54 Å². The molecule has 0 saturated heterocycles. The lowest BCUT2D eigenvalue weighted by Crippen LogP contribution is -2.62. The topological polar surface area (TPSA) is 106 Å². The maximum absolute atomic E-state index is 13.1. The Balaban J connectivity index is 1.71. The summed E-state index contributed by atoms with van der Waals surface area (Å²) in [5, 5.41) is 9.77. The van der Waals surface area contributed by atoms with Crippen molar-refractivity contribution in [1.29, 1.82) is 0 Å². The number of benzene rings is 1. The average molecular weight is 431 g/mol. The largest absolute Gasteiger partial charge is 0.385 e. The first-order valence-electron chi connectivity index (χ1n) is 9.92. The molecule has 0 bridgehead atoms. The molecule has 1 atom stereocenters. The van der Waals surface area contributed by atoms with Gasteiger partial charge in [0.2, 0.25) is 5.91 Å². The molecule has 166 valence electrons. The lowest BCUT2D eigenvalue weighted by Gasteiger charge is -2.40. The van der Waals surface area contributed by atoms with Gasteiger partial charge >= 0.3 is 0 Å². The Morgan fingerprint density at radius 1 is 1.26 bits per heavy atom. The molecule has 0 radical (unpaired) electrons. The second kappa shape index (κ2) is 9.25. The number of hydrogen-bond donors (Lipinski definition) is 2. The van der Waals surface area contributed by atoms with Crippen LogP contribution >= 0.6 is 0 Å². The van der Waals surface area contributed by atoms with Crippen LogP contribution in [-0.4, -0.2) is 65.2 Å². The van der Waals surface area contributed by atoms with E-state index in [1.54, 1.807) is 33.2 Å². The van der Waals surface area contributed by atoms with Gasteiger partial charge in [-0.05, 0) is 31.0 Å². The lowest BCUT2D eigenvalue weighted by molar-refractivity contribution is -0.132. The normalized spacial score (nSPS) is 17.9. The van der Waals surface area contributed by atoms with E-state index in [2.05, 4.69) is 15.7 Å². The van der Waals surface area contributed by atoms with E-state index in [-0.39, 0.29) is 36.2 Å². The minimum absolute atomic E-state index is 0.0940. The highest BCUT2D eigenvalue weighted by molar-refractivity contribution is 6.01. The zero-order valence-corrected chi connectivity index (χ0v) is 17.8. The van der Waals surface area contributed by atoms with E-state index in [1.807, 2.05) is 0 Å². The maximum atomic E-state index is 13.1. The van der Waals surface area contributed by atoms with Crippen LogP contribution in [0.2, 0.25) is 0 Å². The molecule has 2 aromatic rings. The van der Waals surface area contributed by atoms with E-state index >= 15 is 0 Å².